The summed E-state index contributed by atoms with van der Waals surface area (Å²) in [7, 11) is 0. The van der Waals surface area contributed by atoms with Gasteiger partial charge in [-0.2, -0.15) is 0 Å². The summed E-state index contributed by atoms with van der Waals surface area (Å²) in [5, 5.41) is 0. The zero-order valence-electron chi connectivity index (χ0n) is 22.7. The second-order valence-corrected chi connectivity index (χ2v) is 11.8. The minimum atomic E-state index is -0.0750. The van der Waals surface area contributed by atoms with Crippen LogP contribution in [0.15, 0.2) is 60.7 Å². The van der Waals surface area contributed by atoms with Crippen LogP contribution in [-0.2, 0) is 16.2 Å². The molecule has 0 unspecified atom stereocenters. The first-order valence-electron chi connectivity index (χ1n) is 12.5. The van der Waals surface area contributed by atoms with Crippen LogP contribution in [0.5, 0.6) is 0 Å². The molecule has 0 atom stereocenters. The van der Waals surface area contributed by atoms with Gasteiger partial charge in [-0.15, -0.1) is 0 Å². The molecule has 0 amide bonds. The zero-order chi connectivity index (χ0) is 24.8. The summed E-state index contributed by atoms with van der Waals surface area (Å²) in [5.74, 6) is 0. The molecule has 0 bridgehead atoms. The normalized spacial score (nSPS) is 14.7. The molecular weight excluding hydrogens is 398 g/mol. The molecule has 33 heavy (non-hydrogen) atoms. The highest BCUT2D eigenvalue weighted by Gasteiger charge is 2.38. The van der Waals surface area contributed by atoms with Gasteiger partial charge in [-0.05, 0) is 64.3 Å². The molecule has 0 saturated heterocycles. The number of anilines is 3. The Hall–Kier alpha value is -2.54. The van der Waals surface area contributed by atoms with E-state index >= 15 is 0 Å². The maximum Gasteiger partial charge on any atom is 0.0502 e. The Labute approximate surface area is 202 Å². The summed E-state index contributed by atoms with van der Waals surface area (Å²) in [4.78, 5) is 2.45. The van der Waals surface area contributed by atoms with Gasteiger partial charge in [0.25, 0.3) is 0 Å². The highest BCUT2D eigenvalue weighted by Crippen LogP contribution is 2.53. The van der Waals surface area contributed by atoms with Crippen LogP contribution in [0.3, 0.4) is 0 Å². The highest BCUT2D eigenvalue weighted by molar-refractivity contribution is 5.86. The molecule has 1 heterocycles. The largest absolute Gasteiger partial charge is 0.310 e. The average Bonchev–Trinajstić information content (AvgIpc) is 2.75. The molecule has 0 saturated carbocycles. The first kappa shape index (κ1) is 25.1. The number of benzene rings is 3. The van der Waals surface area contributed by atoms with E-state index in [2.05, 4.69) is 128 Å². The van der Waals surface area contributed by atoms with Gasteiger partial charge in [-0.25, -0.2) is 0 Å². The molecule has 1 heteroatoms. The Morgan fingerprint density at radius 1 is 0.606 bits per heavy atom. The molecule has 0 radical (unpaired) electrons. The van der Waals surface area contributed by atoms with E-state index in [1.807, 2.05) is 13.8 Å². The molecule has 3 aromatic carbocycles. The van der Waals surface area contributed by atoms with E-state index in [1.54, 1.807) is 0 Å². The number of rotatable bonds is 1. The maximum absolute atomic E-state index is 2.45. The summed E-state index contributed by atoms with van der Waals surface area (Å²) in [6.07, 6.45) is 0. The van der Waals surface area contributed by atoms with Gasteiger partial charge >= 0.3 is 0 Å². The third-order valence-electron chi connectivity index (χ3n) is 6.85. The Bertz CT molecular complexity index is 1050. The molecule has 0 N–H and O–H groups in total. The summed E-state index contributed by atoms with van der Waals surface area (Å²) < 4.78 is 0. The number of aryl methyl sites for hydroxylation is 1. The van der Waals surface area contributed by atoms with Crippen molar-refractivity contribution in [3.8, 4) is 0 Å². The van der Waals surface area contributed by atoms with Gasteiger partial charge in [0.1, 0.15) is 0 Å². The lowest BCUT2D eigenvalue weighted by molar-refractivity contribution is 0.573. The van der Waals surface area contributed by atoms with E-state index in [-0.39, 0.29) is 16.2 Å². The first-order valence-corrected chi connectivity index (χ1v) is 12.5. The van der Waals surface area contributed by atoms with Crippen molar-refractivity contribution < 1.29 is 0 Å². The third-order valence-corrected chi connectivity index (χ3v) is 6.85. The lowest BCUT2D eigenvalue weighted by atomic mass is 9.70. The summed E-state index contributed by atoms with van der Waals surface area (Å²) in [6, 6.07) is 23.1. The highest BCUT2D eigenvalue weighted by atomic mass is 15.2. The van der Waals surface area contributed by atoms with Gasteiger partial charge in [0.2, 0.25) is 0 Å². The molecule has 0 aliphatic carbocycles. The number of hydrogen-bond donors (Lipinski definition) is 0. The van der Waals surface area contributed by atoms with Crippen molar-refractivity contribution in [2.75, 3.05) is 4.90 Å². The van der Waals surface area contributed by atoms with E-state index in [4.69, 9.17) is 0 Å². The topological polar surface area (TPSA) is 3.24 Å². The number of nitrogens with zero attached hydrogens (tertiary/aromatic N) is 1. The number of hydrogen-bond acceptors (Lipinski definition) is 1. The van der Waals surface area contributed by atoms with Crippen molar-refractivity contribution in [1.82, 2.24) is 0 Å². The fraction of sp³-hybridized carbons (Fsp3) is 0.438. The van der Waals surface area contributed by atoms with Crippen molar-refractivity contribution in [2.24, 2.45) is 0 Å². The van der Waals surface area contributed by atoms with Crippen molar-refractivity contribution in [3.05, 3.63) is 88.5 Å². The van der Waals surface area contributed by atoms with Crippen molar-refractivity contribution in [2.45, 2.75) is 92.4 Å². The molecule has 0 aromatic heterocycles. The van der Waals surface area contributed by atoms with Gasteiger partial charge < -0.3 is 4.90 Å². The molecule has 3 aromatic rings. The molecule has 4 rings (SSSR count). The van der Waals surface area contributed by atoms with Crippen LogP contribution in [0, 0.1) is 6.92 Å². The van der Waals surface area contributed by atoms with Crippen molar-refractivity contribution in [1.29, 1.82) is 0 Å². The van der Waals surface area contributed by atoms with Crippen LogP contribution in [0.2, 0.25) is 0 Å². The van der Waals surface area contributed by atoms with Crippen molar-refractivity contribution in [3.63, 3.8) is 0 Å². The number of fused-ring (bicyclic) bond motifs is 2. The minimum Gasteiger partial charge on any atom is -0.310 e. The first-order chi connectivity index (χ1) is 15.3. The van der Waals surface area contributed by atoms with Crippen LogP contribution in [0.25, 0.3) is 0 Å². The van der Waals surface area contributed by atoms with E-state index in [0.29, 0.717) is 0 Å². The lowest BCUT2D eigenvalue weighted by Gasteiger charge is -2.43. The summed E-state index contributed by atoms with van der Waals surface area (Å²) >= 11 is 0. The monoisotopic (exact) mass is 441 g/mol. The molecule has 0 fully saturated rings. The Morgan fingerprint density at radius 3 is 1.36 bits per heavy atom. The standard InChI is InChI=1S/C30H37N.C2H6/c1-20-10-14-23(15-11-20)31-26-16-12-21(28(2,3)4)18-24(26)30(8,9)25-19-22(29(5,6)7)13-17-27(25)31;1-2/h10-19H,1-9H3;1-2H3. The minimum absolute atomic E-state index is 0.0750. The third kappa shape index (κ3) is 4.60. The fourth-order valence-corrected chi connectivity index (χ4v) is 4.64. The van der Waals surface area contributed by atoms with Crippen LogP contribution >= 0.6 is 0 Å². The molecule has 0 spiro atoms. The summed E-state index contributed by atoms with van der Waals surface area (Å²) in [6.45, 7) is 24.7. The average molecular weight is 442 g/mol. The SMILES string of the molecule is CC.Cc1ccc(N2c3ccc(C(C)(C)C)cc3C(C)(C)c3cc(C(C)(C)C)ccc32)cc1. The predicted octanol–water partition coefficient (Wildman–Crippen LogP) is 9.73. The Morgan fingerprint density at radius 2 is 1.00 bits per heavy atom. The van der Waals surface area contributed by atoms with E-state index in [1.165, 1.54) is 44.9 Å². The smallest absolute Gasteiger partial charge is 0.0502 e. The maximum atomic E-state index is 2.45. The van der Waals surface area contributed by atoms with Crippen molar-refractivity contribution >= 4 is 17.1 Å². The van der Waals surface area contributed by atoms with E-state index in [0.717, 1.165) is 0 Å². The molecule has 1 aliphatic heterocycles. The molecule has 176 valence electrons. The zero-order valence-corrected chi connectivity index (χ0v) is 22.7. The second-order valence-electron chi connectivity index (χ2n) is 11.8. The van der Waals surface area contributed by atoms with Crippen LogP contribution in [-0.4, -0.2) is 0 Å². The van der Waals surface area contributed by atoms with Crippen LogP contribution < -0.4 is 4.90 Å². The Balaban J connectivity index is 0.00000149. The fourth-order valence-electron chi connectivity index (χ4n) is 4.64. The quantitative estimate of drug-likeness (QED) is 0.363. The van der Waals surface area contributed by atoms with Gasteiger partial charge in [0.05, 0.1) is 11.4 Å². The lowest BCUT2D eigenvalue weighted by Crippen LogP contribution is -2.32. The van der Waals surface area contributed by atoms with Gasteiger partial charge in [-0.3, -0.25) is 0 Å². The summed E-state index contributed by atoms with van der Waals surface area (Å²) in [5.41, 5.74) is 10.8. The van der Waals surface area contributed by atoms with E-state index < -0.39 is 0 Å². The Kier molecular flexibility index (Phi) is 6.59. The second kappa shape index (κ2) is 8.67. The van der Waals surface area contributed by atoms with Gasteiger partial charge in [0.15, 0.2) is 0 Å². The molecule has 1 aliphatic rings. The van der Waals surface area contributed by atoms with E-state index in [9.17, 15) is 0 Å². The van der Waals surface area contributed by atoms with Crippen LogP contribution in [0.1, 0.15) is 97.1 Å². The van der Waals surface area contributed by atoms with Crippen LogP contribution in [0.4, 0.5) is 17.1 Å². The predicted molar refractivity (Wildman–Crippen MR) is 147 cm³/mol. The molecular formula is C32H43N. The molecule has 1 nitrogen and oxygen atoms in total. The van der Waals surface area contributed by atoms with Gasteiger partial charge in [0, 0.05) is 11.1 Å². The van der Waals surface area contributed by atoms with Gasteiger partial charge in [-0.1, -0.05) is 111 Å².